The molecule has 0 N–H and O–H groups in total. The minimum absolute atomic E-state index is 0.666. The Bertz CT molecular complexity index is 3820. The summed E-state index contributed by atoms with van der Waals surface area (Å²) in [7, 11) is 0. The first-order valence-corrected chi connectivity index (χ1v) is 31.3. The lowest BCUT2D eigenvalue weighted by Gasteiger charge is -2.07. The molecule has 6 aromatic carbocycles. The fourth-order valence-corrected chi connectivity index (χ4v) is 10.2. The highest BCUT2D eigenvalue weighted by molar-refractivity contribution is 5.70. The van der Waals surface area contributed by atoms with Crippen LogP contribution in [0.4, 0.5) is 0 Å². The van der Waals surface area contributed by atoms with Gasteiger partial charge in [0.05, 0.1) is 51.2 Å². The monoisotopic (exact) mass is 1230 g/mol. The number of pyridine rings is 7. The fraction of sp³-hybridized carbons (Fsp3) is 0.0595. The fourth-order valence-electron chi connectivity index (χ4n) is 10.2. The Morgan fingerprint density at radius 3 is 0.895 bits per heavy atom. The lowest BCUT2D eigenvalue weighted by Crippen LogP contribution is -1.96. The van der Waals surface area contributed by atoms with Gasteiger partial charge in [0.1, 0.15) is 5.69 Å². The Kier molecular flexibility index (Phi) is 21.9. The van der Waals surface area contributed by atoms with Gasteiger partial charge in [-0.05, 0) is 148 Å². The van der Waals surface area contributed by atoms with Gasteiger partial charge in [0.15, 0.2) is 11.6 Å². The summed E-state index contributed by atoms with van der Waals surface area (Å²) in [4.78, 5) is 49.3. The molecule has 0 amide bonds. The number of aryl methyl sites for hydroxylation is 5. The van der Waals surface area contributed by atoms with E-state index in [1.54, 1.807) is 31.0 Å². The number of aromatic nitrogens is 11. The summed E-state index contributed by atoms with van der Waals surface area (Å²) >= 11 is 0. The number of benzene rings is 6. The van der Waals surface area contributed by atoms with Crippen molar-refractivity contribution in [3.8, 4) is 113 Å². The van der Waals surface area contributed by atoms with Crippen LogP contribution >= 0.6 is 0 Å². The summed E-state index contributed by atoms with van der Waals surface area (Å²) in [6.07, 6.45) is 10.8. The van der Waals surface area contributed by atoms with Gasteiger partial charge in [-0.3, -0.25) is 19.9 Å². The lowest BCUT2D eigenvalue weighted by molar-refractivity contribution is 1.09. The third-order valence-electron chi connectivity index (χ3n) is 14.8. The molecule has 0 saturated heterocycles. The minimum atomic E-state index is 0.666. The van der Waals surface area contributed by atoms with Crippen molar-refractivity contribution in [2.45, 2.75) is 34.6 Å². The van der Waals surface area contributed by atoms with Crippen molar-refractivity contribution in [1.29, 1.82) is 0 Å². The summed E-state index contributed by atoms with van der Waals surface area (Å²) in [6, 6.07) is 97.2. The zero-order chi connectivity index (χ0) is 65.4. The number of nitrogens with zero attached hydrogens (tertiary/aromatic N) is 11. The highest BCUT2D eigenvalue weighted by atomic mass is 14.9. The van der Waals surface area contributed by atoms with Gasteiger partial charge >= 0.3 is 0 Å². The molecule has 0 radical (unpaired) electrons. The molecule has 11 heteroatoms. The van der Waals surface area contributed by atoms with Gasteiger partial charge in [-0.1, -0.05) is 194 Å². The van der Waals surface area contributed by atoms with Gasteiger partial charge in [-0.15, -0.1) is 0 Å². The molecule has 0 aliphatic heterocycles. The molecular formula is C84H69N11. The average Bonchev–Trinajstić information content (AvgIpc) is 1.37. The number of rotatable bonds is 10. The predicted molar refractivity (Wildman–Crippen MR) is 386 cm³/mol. The van der Waals surface area contributed by atoms with Crippen LogP contribution in [0.1, 0.15) is 28.1 Å². The summed E-state index contributed by atoms with van der Waals surface area (Å²) < 4.78 is 0. The maximum atomic E-state index is 4.75. The van der Waals surface area contributed by atoms with Gasteiger partial charge in [0.2, 0.25) is 0 Å². The van der Waals surface area contributed by atoms with Crippen molar-refractivity contribution >= 4 is 0 Å². The molecule has 460 valence electrons. The number of hydrogen-bond donors (Lipinski definition) is 0. The van der Waals surface area contributed by atoms with Crippen LogP contribution in [0, 0.1) is 34.6 Å². The van der Waals surface area contributed by atoms with Crippen LogP contribution < -0.4 is 0 Å². The first-order valence-electron chi connectivity index (χ1n) is 31.3. The molecule has 0 saturated carbocycles. The van der Waals surface area contributed by atoms with Gasteiger partial charge in [0.25, 0.3) is 0 Å². The average molecular weight is 1230 g/mol. The summed E-state index contributed by atoms with van der Waals surface area (Å²) in [5.41, 5.74) is 23.8. The quantitative estimate of drug-likeness (QED) is 0.129. The zero-order valence-corrected chi connectivity index (χ0v) is 53.6. The van der Waals surface area contributed by atoms with E-state index in [1.807, 2.05) is 226 Å². The van der Waals surface area contributed by atoms with Crippen molar-refractivity contribution in [2.75, 3.05) is 0 Å². The normalized spacial score (nSPS) is 10.4. The molecule has 95 heavy (non-hydrogen) atoms. The predicted octanol–water partition coefficient (Wildman–Crippen LogP) is 20.0. The molecule has 0 bridgehead atoms. The van der Waals surface area contributed by atoms with Crippen molar-refractivity contribution in [3.63, 3.8) is 0 Å². The molecule has 0 fully saturated rings. The Hall–Kier alpha value is -12.5. The lowest BCUT2D eigenvalue weighted by atomic mass is 10.1. The van der Waals surface area contributed by atoms with E-state index in [0.717, 1.165) is 119 Å². The Labute approximate surface area is 555 Å². The molecule has 0 atom stereocenters. The Morgan fingerprint density at radius 1 is 0.189 bits per heavy atom. The second-order valence-corrected chi connectivity index (χ2v) is 22.3. The van der Waals surface area contributed by atoms with E-state index in [0.29, 0.717) is 5.82 Å². The molecule has 0 aliphatic rings. The largest absolute Gasteiger partial charge is 0.265 e. The highest BCUT2D eigenvalue weighted by Gasteiger charge is 2.11. The first kappa shape index (κ1) is 64.1. The molecule has 11 nitrogen and oxygen atoms in total. The zero-order valence-electron chi connectivity index (χ0n) is 53.6. The summed E-state index contributed by atoms with van der Waals surface area (Å²) in [5.74, 6) is 1.44. The van der Waals surface area contributed by atoms with Gasteiger partial charge in [-0.2, -0.15) is 0 Å². The van der Waals surface area contributed by atoms with Crippen LogP contribution in [0.15, 0.2) is 328 Å². The minimum Gasteiger partial charge on any atom is -0.265 e. The van der Waals surface area contributed by atoms with Crippen LogP contribution in [0.2, 0.25) is 0 Å². The SMILES string of the molecule is Cc1cc(-c2ccccc2)nc(-c2ccccc2)n1.Cc1cc(-c2ccccc2)nc(-c2ccccn2)c1.Cc1cc(-c2ccccc2)nc(-c2ccccn2)n1.Cc1cc(-c2ccccc2)nc(-c2cccnc2)c1.Cc1cc(-c2ccccc2)nc(-c2ccncc2)c1. The topological polar surface area (TPSA) is 142 Å². The van der Waals surface area contributed by atoms with E-state index in [-0.39, 0.29) is 0 Å². The second kappa shape index (κ2) is 32.5. The van der Waals surface area contributed by atoms with Crippen LogP contribution in [-0.4, -0.2) is 54.8 Å². The van der Waals surface area contributed by atoms with Gasteiger partial charge < -0.3 is 0 Å². The smallest absolute Gasteiger partial charge is 0.178 e. The van der Waals surface area contributed by atoms with Gasteiger partial charge in [-0.25, -0.2) is 34.9 Å². The van der Waals surface area contributed by atoms with Crippen LogP contribution in [0.5, 0.6) is 0 Å². The van der Waals surface area contributed by atoms with Crippen LogP contribution in [0.3, 0.4) is 0 Å². The van der Waals surface area contributed by atoms with E-state index < -0.39 is 0 Å². The molecule has 0 unspecified atom stereocenters. The van der Waals surface area contributed by atoms with E-state index in [9.17, 15) is 0 Å². The van der Waals surface area contributed by atoms with E-state index >= 15 is 0 Å². The van der Waals surface area contributed by atoms with Crippen molar-refractivity contribution in [1.82, 2.24) is 54.8 Å². The van der Waals surface area contributed by atoms with Crippen LogP contribution in [-0.2, 0) is 0 Å². The summed E-state index contributed by atoms with van der Waals surface area (Å²) in [6.45, 7) is 10.2. The third-order valence-corrected chi connectivity index (χ3v) is 14.8. The molecular weight excluding hydrogens is 1160 g/mol. The molecule has 0 aliphatic carbocycles. The maximum Gasteiger partial charge on any atom is 0.178 e. The van der Waals surface area contributed by atoms with E-state index in [4.69, 9.17) is 15.0 Å². The second-order valence-electron chi connectivity index (χ2n) is 22.3. The summed E-state index contributed by atoms with van der Waals surface area (Å²) in [5, 5.41) is 0. The molecule has 0 spiro atoms. The van der Waals surface area contributed by atoms with E-state index in [1.165, 1.54) is 16.7 Å². The molecule has 15 rings (SSSR count). The Balaban J connectivity index is 0.000000121. The number of hydrogen-bond acceptors (Lipinski definition) is 11. The molecule has 9 aromatic heterocycles. The molecule has 15 aromatic rings. The maximum absolute atomic E-state index is 4.75. The van der Waals surface area contributed by atoms with Crippen LogP contribution in [0.25, 0.3) is 113 Å². The van der Waals surface area contributed by atoms with E-state index in [2.05, 4.69) is 146 Å². The van der Waals surface area contributed by atoms with Crippen molar-refractivity contribution < 1.29 is 0 Å². The highest BCUT2D eigenvalue weighted by Crippen LogP contribution is 2.28. The van der Waals surface area contributed by atoms with Gasteiger partial charge in [0, 0.05) is 93.1 Å². The standard InChI is InChI=1S/4C17H14N2.C16H13N3/c1-13-12-16(14-8-4-2-5-9-14)19-17(18-13)15-10-6-3-7-11-15;1-13-11-16(14-7-3-2-4-8-14)19-17(12-13)15-9-5-6-10-18-15;1-13-10-16(14-6-3-2-4-7-14)19-17(11-13)15-8-5-9-18-12-15;1-13-11-16(14-5-3-2-4-6-14)19-17(12-13)15-7-9-18-10-8-15;1-12-11-15(13-7-3-2-4-8-13)19-16(18-12)14-9-5-6-10-17-14/h4*2-12H,1H3;2-11H,1H3. The van der Waals surface area contributed by atoms with Crippen molar-refractivity contribution in [3.05, 3.63) is 356 Å². The first-order chi connectivity index (χ1) is 46.6. The Morgan fingerprint density at radius 2 is 0.505 bits per heavy atom. The third kappa shape index (κ3) is 18.4. The van der Waals surface area contributed by atoms with Crippen molar-refractivity contribution in [2.24, 2.45) is 0 Å². The molecule has 9 heterocycles.